The number of rotatable bonds is 4. The first kappa shape index (κ1) is 13.2. The van der Waals surface area contributed by atoms with E-state index < -0.39 is 0 Å². The zero-order valence-corrected chi connectivity index (χ0v) is 11.8. The van der Waals surface area contributed by atoms with Crippen LogP contribution < -0.4 is 4.74 Å². The van der Waals surface area contributed by atoms with Gasteiger partial charge in [0.05, 0.1) is 7.11 Å². The van der Waals surface area contributed by atoms with Gasteiger partial charge in [-0.05, 0) is 30.7 Å². The molecule has 3 nitrogen and oxygen atoms in total. The lowest BCUT2D eigenvalue weighted by atomic mass is 10.3. The summed E-state index contributed by atoms with van der Waals surface area (Å²) in [4.78, 5) is 9.38. The van der Waals surface area contributed by atoms with E-state index in [0.717, 1.165) is 27.7 Å². The maximum Gasteiger partial charge on any atom is 0.136 e. The lowest BCUT2D eigenvalue weighted by molar-refractivity contribution is 0.414. The summed E-state index contributed by atoms with van der Waals surface area (Å²) in [5.41, 5.74) is 0.986. The molecule has 0 aliphatic heterocycles. The number of hydrogen-bond donors (Lipinski definition) is 0. The third-order valence-electron chi connectivity index (χ3n) is 2.48. The molecule has 0 atom stereocenters. The van der Waals surface area contributed by atoms with Crippen molar-refractivity contribution < 1.29 is 4.74 Å². The van der Waals surface area contributed by atoms with Crippen LogP contribution in [0.2, 0.25) is 5.15 Å². The van der Waals surface area contributed by atoms with Crippen LogP contribution in [0.1, 0.15) is 12.5 Å². The SMILES string of the molecule is CCc1c(Cl)ncnc1Sc1ccc(OC)cc1. The number of halogens is 1. The zero-order valence-electron chi connectivity index (χ0n) is 10.2. The van der Waals surface area contributed by atoms with Crippen molar-refractivity contribution in [2.24, 2.45) is 0 Å². The molecule has 1 heterocycles. The molecule has 0 N–H and O–H groups in total. The molecule has 0 amide bonds. The fourth-order valence-electron chi connectivity index (χ4n) is 1.52. The quantitative estimate of drug-likeness (QED) is 0.797. The van der Waals surface area contributed by atoms with Gasteiger partial charge in [-0.2, -0.15) is 0 Å². The van der Waals surface area contributed by atoms with Crippen molar-refractivity contribution in [3.05, 3.63) is 41.3 Å². The van der Waals surface area contributed by atoms with Gasteiger partial charge in [0.2, 0.25) is 0 Å². The van der Waals surface area contributed by atoms with E-state index in [0.29, 0.717) is 5.15 Å². The van der Waals surface area contributed by atoms with E-state index in [1.165, 1.54) is 6.33 Å². The minimum absolute atomic E-state index is 0.531. The first-order valence-corrected chi connectivity index (χ1v) is 6.75. The molecule has 94 valence electrons. The van der Waals surface area contributed by atoms with Crippen molar-refractivity contribution in [2.45, 2.75) is 23.3 Å². The molecule has 0 aliphatic rings. The highest BCUT2D eigenvalue weighted by atomic mass is 35.5. The number of methoxy groups -OCH3 is 1. The van der Waals surface area contributed by atoms with Gasteiger partial charge < -0.3 is 4.74 Å². The number of aromatic nitrogens is 2. The summed E-state index contributed by atoms with van der Waals surface area (Å²) in [5.74, 6) is 0.843. The lowest BCUT2D eigenvalue weighted by Gasteiger charge is -2.07. The Kier molecular flexibility index (Phi) is 4.44. The number of ether oxygens (including phenoxy) is 1. The summed E-state index contributed by atoms with van der Waals surface area (Å²) < 4.78 is 5.13. The van der Waals surface area contributed by atoms with Crippen molar-refractivity contribution in [3.8, 4) is 5.75 Å². The number of nitrogens with zero attached hydrogens (tertiary/aromatic N) is 2. The molecule has 0 radical (unpaired) electrons. The Labute approximate surface area is 116 Å². The van der Waals surface area contributed by atoms with E-state index in [4.69, 9.17) is 16.3 Å². The van der Waals surface area contributed by atoms with Crippen molar-refractivity contribution in [2.75, 3.05) is 7.11 Å². The summed E-state index contributed by atoms with van der Waals surface area (Å²) in [6, 6.07) is 7.85. The summed E-state index contributed by atoms with van der Waals surface area (Å²) >= 11 is 7.64. The van der Waals surface area contributed by atoms with Gasteiger partial charge in [-0.1, -0.05) is 30.3 Å². The first-order chi connectivity index (χ1) is 8.74. The van der Waals surface area contributed by atoms with E-state index in [1.54, 1.807) is 18.9 Å². The maximum atomic E-state index is 6.06. The Morgan fingerprint density at radius 3 is 2.56 bits per heavy atom. The van der Waals surface area contributed by atoms with E-state index >= 15 is 0 Å². The van der Waals surface area contributed by atoms with Gasteiger partial charge in [-0.25, -0.2) is 9.97 Å². The number of benzene rings is 1. The van der Waals surface area contributed by atoms with Crippen LogP contribution in [0.25, 0.3) is 0 Å². The van der Waals surface area contributed by atoms with Gasteiger partial charge >= 0.3 is 0 Å². The molecule has 2 rings (SSSR count). The molecule has 0 saturated heterocycles. The smallest absolute Gasteiger partial charge is 0.136 e. The monoisotopic (exact) mass is 280 g/mol. The Morgan fingerprint density at radius 2 is 1.94 bits per heavy atom. The summed E-state index contributed by atoms with van der Waals surface area (Å²) in [6.07, 6.45) is 2.31. The topological polar surface area (TPSA) is 35.0 Å². The van der Waals surface area contributed by atoms with Crippen LogP contribution in [-0.4, -0.2) is 17.1 Å². The second-order valence-corrected chi connectivity index (χ2v) is 5.00. The molecule has 0 bridgehead atoms. The largest absolute Gasteiger partial charge is 0.497 e. The predicted molar refractivity (Wildman–Crippen MR) is 73.5 cm³/mol. The van der Waals surface area contributed by atoms with Gasteiger partial charge in [0.25, 0.3) is 0 Å². The van der Waals surface area contributed by atoms with E-state index in [1.807, 2.05) is 31.2 Å². The van der Waals surface area contributed by atoms with Gasteiger partial charge in [0.1, 0.15) is 22.3 Å². The molecule has 0 fully saturated rings. The average molecular weight is 281 g/mol. The Bertz CT molecular complexity index is 531. The maximum absolute atomic E-state index is 6.06. The van der Waals surface area contributed by atoms with Crippen LogP contribution in [0.5, 0.6) is 5.75 Å². The highest BCUT2D eigenvalue weighted by molar-refractivity contribution is 7.99. The minimum Gasteiger partial charge on any atom is -0.497 e. The van der Waals surface area contributed by atoms with Crippen molar-refractivity contribution in [1.82, 2.24) is 9.97 Å². The molecule has 2 aromatic rings. The van der Waals surface area contributed by atoms with Crippen LogP contribution >= 0.6 is 23.4 Å². The van der Waals surface area contributed by atoms with Crippen molar-refractivity contribution in [3.63, 3.8) is 0 Å². The zero-order chi connectivity index (χ0) is 13.0. The minimum atomic E-state index is 0.531. The average Bonchev–Trinajstić information content (AvgIpc) is 2.40. The highest BCUT2D eigenvalue weighted by Crippen LogP contribution is 2.32. The van der Waals surface area contributed by atoms with Gasteiger partial charge in [-0.3, -0.25) is 0 Å². The Balaban J connectivity index is 2.25. The third kappa shape index (κ3) is 2.94. The number of hydrogen-bond acceptors (Lipinski definition) is 4. The van der Waals surface area contributed by atoms with E-state index in [9.17, 15) is 0 Å². The Morgan fingerprint density at radius 1 is 1.22 bits per heavy atom. The predicted octanol–water partition coefficient (Wildman–Crippen LogP) is 3.85. The third-order valence-corrected chi connectivity index (χ3v) is 3.86. The summed E-state index contributed by atoms with van der Waals surface area (Å²) in [6.45, 7) is 2.04. The lowest BCUT2D eigenvalue weighted by Crippen LogP contribution is -1.93. The first-order valence-electron chi connectivity index (χ1n) is 5.56. The van der Waals surface area contributed by atoms with Crippen LogP contribution in [0.4, 0.5) is 0 Å². The molecular formula is C13H13ClN2OS. The molecular weight excluding hydrogens is 268 g/mol. The highest BCUT2D eigenvalue weighted by Gasteiger charge is 2.09. The van der Waals surface area contributed by atoms with Crippen LogP contribution in [-0.2, 0) is 6.42 Å². The van der Waals surface area contributed by atoms with Crippen molar-refractivity contribution >= 4 is 23.4 Å². The van der Waals surface area contributed by atoms with E-state index in [-0.39, 0.29) is 0 Å². The molecule has 0 spiro atoms. The normalized spacial score (nSPS) is 10.4. The molecule has 0 unspecified atom stereocenters. The summed E-state index contributed by atoms with van der Waals surface area (Å²) in [5, 5.41) is 1.44. The molecule has 5 heteroatoms. The van der Waals surface area contributed by atoms with Crippen LogP contribution in [0.3, 0.4) is 0 Å². The fourth-order valence-corrected chi connectivity index (χ4v) is 2.80. The molecule has 0 saturated carbocycles. The molecule has 1 aromatic heterocycles. The van der Waals surface area contributed by atoms with Gasteiger partial charge in [-0.15, -0.1) is 0 Å². The second kappa shape index (κ2) is 6.07. The fraction of sp³-hybridized carbons (Fsp3) is 0.231. The molecule has 0 aliphatic carbocycles. The summed E-state index contributed by atoms with van der Waals surface area (Å²) in [7, 11) is 1.65. The van der Waals surface area contributed by atoms with Crippen LogP contribution in [0.15, 0.2) is 40.5 Å². The van der Waals surface area contributed by atoms with E-state index in [2.05, 4.69) is 9.97 Å². The van der Waals surface area contributed by atoms with Gasteiger partial charge in [0, 0.05) is 10.5 Å². The molecule has 18 heavy (non-hydrogen) atoms. The molecule has 1 aromatic carbocycles. The van der Waals surface area contributed by atoms with Crippen molar-refractivity contribution in [1.29, 1.82) is 0 Å². The second-order valence-electron chi connectivity index (χ2n) is 3.58. The Hall–Kier alpha value is -1.26. The standard InChI is InChI=1S/C13H13ClN2OS/c1-3-11-12(14)15-8-16-13(11)18-10-6-4-9(17-2)5-7-10/h4-8H,3H2,1-2H3. The van der Waals surface area contributed by atoms with Crippen LogP contribution in [0, 0.1) is 0 Å². The van der Waals surface area contributed by atoms with Gasteiger partial charge in [0.15, 0.2) is 0 Å².